The highest BCUT2D eigenvalue weighted by molar-refractivity contribution is 8.01. The molecule has 27 heavy (non-hydrogen) atoms. The van der Waals surface area contributed by atoms with Crippen molar-refractivity contribution >= 4 is 34.8 Å². The van der Waals surface area contributed by atoms with Crippen molar-refractivity contribution in [3.8, 4) is 0 Å². The molecule has 0 aliphatic heterocycles. The zero-order valence-corrected chi connectivity index (χ0v) is 16.2. The Labute approximate surface area is 161 Å². The lowest BCUT2D eigenvalue weighted by atomic mass is 10.2. The molecule has 2 heterocycles. The van der Waals surface area contributed by atoms with Gasteiger partial charge in [0.15, 0.2) is 16.3 Å². The number of thiazole rings is 1. The number of esters is 1. The lowest BCUT2D eigenvalue weighted by molar-refractivity contribution is -0.387. The molecule has 0 saturated heterocycles. The number of hydrogen-bond acceptors (Lipinski definition) is 10. The second-order valence-electron chi connectivity index (χ2n) is 5.52. The maximum atomic E-state index is 12.3. The van der Waals surface area contributed by atoms with E-state index in [2.05, 4.69) is 15.1 Å². The number of rotatable bonds is 6. The van der Waals surface area contributed by atoms with Gasteiger partial charge in [-0.1, -0.05) is 16.9 Å². The largest absolute Gasteiger partial charge is 0.449 e. The number of benzene rings is 1. The van der Waals surface area contributed by atoms with E-state index in [1.807, 2.05) is 12.3 Å². The molecule has 1 aromatic carbocycles. The van der Waals surface area contributed by atoms with E-state index in [0.29, 0.717) is 15.1 Å². The molecule has 0 N–H and O–H groups in total. The van der Waals surface area contributed by atoms with Gasteiger partial charge in [0.05, 0.1) is 15.4 Å². The summed E-state index contributed by atoms with van der Waals surface area (Å²) in [5.41, 5.74) is 0.712. The Morgan fingerprint density at radius 1 is 1.37 bits per heavy atom. The molecule has 0 fully saturated rings. The molecule has 0 amide bonds. The molecule has 0 spiro atoms. The molecule has 9 nitrogen and oxygen atoms in total. The monoisotopic (exact) mass is 406 g/mol. The summed E-state index contributed by atoms with van der Waals surface area (Å²) in [5, 5.41) is 16.9. The summed E-state index contributed by atoms with van der Waals surface area (Å²) in [7, 11) is 0. The average molecular weight is 406 g/mol. The van der Waals surface area contributed by atoms with Gasteiger partial charge in [-0.15, -0.1) is 11.3 Å². The zero-order chi connectivity index (χ0) is 19.6. The molecule has 0 aliphatic carbocycles. The van der Waals surface area contributed by atoms with Gasteiger partial charge in [-0.25, -0.2) is 9.78 Å². The Kier molecular flexibility index (Phi) is 5.51. The topological polar surface area (TPSA) is 121 Å². The van der Waals surface area contributed by atoms with Crippen LogP contribution in [0.4, 0.5) is 5.69 Å². The smallest absolute Gasteiger partial charge is 0.339 e. The van der Waals surface area contributed by atoms with Crippen molar-refractivity contribution in [1.29, 1.82) is 0 Å². The van der Waals surface area contributed by atoms with Gasteiger partial charge in [-0.2, -0.15) is 4.98 Å². The van der Waals surface area contributed by atoms with Crippen LogP contribution >= 0.6 is 23.1 Å². The van der Waals surface area contributed by atoms with Crippen molar-refractivity contribution in [2.24, 2.45) is 0 Å². The summed E-state index contributed by atoms with van der Waals surface area (Å²) in [6.07, 6.45) is -0.773. The van der Waals surface area contributed by atoms with Crippen LogP contribution in [-0.4, -0.2) is 26.0 Å². The van der Waals surface area contributed by atoms with Crippen LogP contribution in [0.3, 0.4) is 0 Å². The van der Waals surface area contributed by atoms with Crippen LogP contribution < -0.4 is 0 Å². The Balaban J connectivity index is 1.80. The predicted octanol–water partition coefficient (Wildman–Crippen LogP) is 4.12. The third-order valence-corrected chi connectivity index (χ3v) is 5.48. The fourth-order valence-electron chi connectivity index (χ4n) is 2.10. The van der Waals surface area contributed by atoms with E-state index in [1.54, 1.807) is 13.8 Å². The number of ether oxygens (including phenoxy) is 1. The van der Waals surface area contributed by atoms with Crippen molar-refractivity contribution in [2.45, 2.75) is 36.1 Å². The molecule has 3 rings (SSSR count). The number of carbonyl (C=O) groups is 1. The van der Waals surface area contributed by atoms with Crippen LogP contribution in [0.1, 0.15) is 40.8 Å². The number of nitrogens with zero attached hydrogens (tertiary/aromatic N) is 4. The van der Waals surface area contributed by atoms with Crippen molar-refractivity contribution in [3.05, 3.63) is 56.7 Å². The molecular formula is C16H14N4O5S2. The summed E-state index contributed by atoms with van der Waals surface area (Å²) < 4.78 is 10.9. The molecule has 140 valence electrons. The first-order chi connectivity index (χ1) is 12.8. The lowest BCUT2D eigenvalue weighted by Gasteiger charge is -2.09. The van der Waals surface area contributed by atoms with Crippen LogP contribution in [0.25, 0.3) is 0 Å². The van der Waals surface area contributed by atoms with Gasteiger partial charge < -0.3 is 9.26 Å². The Morgan fingerprint density at radius 3 is 2.74 bits per heavy atom. The molecule has 0 radical (unpaired) electrons. The van der Waals surface area contributed by atoms with E-state index >= 15 is 0 Å². The normalized spacial score (nSPS) is 12.0. The highest BCUT2D eigenvalue weighted by Crippen LogP contribution is 2.37. The summed E-state index contributed by atoms with van der Waals surface area (Å²) in [6, 6.07) is 4.18. The number of aromatic nitrogens is 3. The van der Waals surface area contributed by atoms with Crippen LogP contribution in [0.15, 0.2) is 37.3 Å². The van der Waals surface area contributed by atoms with Crippen LogP contribution in [0.5, 0.6) is 0 Å². The first kappa shape index (κ1) is 19.0. The lowest BCUT2D eigenvalue weighted by Crippen LogP contribution is -2.10. The average Bonchev–Trinajstić information content (AvgIpc) is 3.23. The van der Waals surface area contributed by atoms with Crippen molar-refractivity contribution in [1.82, 2.24) is 15.1 Å². The molecule has 0 aliphatic rings. The second kappa shape index (κ2) is 7.84. The molecule has 2 aromatic heterocycles. The fraction of sp³-hybridized carbons (Fsp3) is 0.250. The SMILES string of the molecule is Cc1csc(Sc2ccc(C(=O)OC(C)c3nc(C)no3)cc2[N+](=O)[O-])n1. The van der Waals surface area contributed by atoms with Gasteiger partial charge in [0.2, 0.25) is 0 Å². The third kappa shape index (κ3) is 4.49. The molecule has 3 aromatic rings. The van der Waals surface area contributed by atoms with Crippen LogP contribution in [0, 0.1) is 24.0 Å². The number of aryl methyl sites for hydroxylation is 2. The molecular weight excluding hydrogens is 392 g/mol. The number of nitro groups is 1. The maximum absolute atomic E-state index is 12.3. The molecule has 1 atom stereocenters. The highest BCUT2D eigenvalue weighted by Gasteiger charge is 2.23. The van der Waals surface area contributed by atoms with Crippen LogP contribution in [-0.2, 0) is 4.74 Å². The molecule has 0 bridgehead atoms. The minimum absolute atomic E-state index is 0.0597. The summed E-state index contributed by atoms with van der Waals surface area (Å²) in [6.45, 7) is 5.07. The van der Waals surface area contributed by atoms with Crippen LogP contribution in [0.2, 0.25) is 0 Å². The standard InChI is InChI=1S/C16H14N4O5S2/c1-8-7-26-16(17-8)27-13-5-4-11(6-12(13)20(22)23)15(21)24-9(2)14-18-10(3)19-25-14/h4-7,9H,1-3H3. The van der Waals surface area contributed by atoms with Gasteiger partial charge >= 0.3 is 5.97 Å². The first-order valence-electron chi connectivity index (χ1n) is 7.73. The third-order valence-electron chi connectivity index (χ3n) is 3.36. The number of carbonyl (C=O) groups excluding carboxylic acids is 1. The van der Waals surface area contributed by atoms with E-state index in [9.17, 15) is 14.9 Å². The van der Waals surface area contributed by atoms with E-state index in [4.69, 9.17) is 9.26 Å². The van der Waals surface area contributed by atoms with Gasteiger partial charge in [0, 0.05) is 17.1 Å². The minimum atomic E-state index is -0.773. The summed E-state index contributed by atoms with van der Waals surface area (Å²) >= 11 is 2.58. The minimum Gasteiger partial charge on any atom is -0.449 e. The Bertz CT molecular complexity index is 1000. The maximum Gasteiger partial charge on any atom is 0.339 e. The second-order valence-corrected chi connectivity index (χ2v) is 7.67. The fourth-order valence-corrected chi connectivity index (χ4v) is 3.98. The predicted molar refractivity (Wildman–Crippen MR) is 96.9 cm³/mol. The van der Waals surface area contributed by atoms with E-state index in [-0.39, 0.29) is 17.1 Å². The van der Waals surface area contributed by atoms with Gasteiger partial charge in [0.25, 0.3) is 11.6 Å². The first-order valence-corrected chi connectivity index (χ1v) is 9.42. The highest BCUT2D eigenvalue weighted by atomic mass is 32.2. The molecule has 0 saturated carbocycles. The van der Waals surface area contributed by atoms with Gasteiger partial charge in [-0.3, -0.25) is 10.1 Å². The van der Waals surface area contributed by atoms with E-state index in [0.717, 1.165) is 5.69 Å². The Hall–Kier alpha value is -2.79. The van der Waals surface area contributed by atoms with E-state index in [1.165, 1.54) is 41.3 Å². The zero-order valence-electron chi connectivity index (χ0n) is 14.5. The number of nitro benzene ring substituents is 1. The molecule has 11 heteroatoms. The molecule has 1 unspecified atom stereocenters. The van der Waals surface area contributed by atoms with Crippen molar-refractivity contribution in [3.63, 3.8) is 0 Å². The van der Waals surface area contributed by atoms with Gasteiger partial charge in [-0.05, 0) is 32.9 Å². The van der Waals surface area contributed by atoms with Crippen molar-refractivity contribution in [2.75, 3.05) is 0 Å². The van der Waals surface area contributed by atoms with Crippen molar-refractivity contribution < 1.29 is 19.0 Å². The van der Waals surface area contributed by atoms with E-state index < -0.39 is 17.0 Å². The summed E-state index contributed by atoms with van der Waals surface area (Å²) in [5.74, 6) is -0.146. The Morgan fingerprint density at radius 2 is 2.15 bits per heavy atom. The summed E-state index contributed by atoms with van der Waals surface area (Å²) in [4.78, 5) is 31.9. The number of hydrogen-bond donors (Lipinski definition) is 0. The van der Waals surface area contributed by atoms with Gasteiger partial charge in [0.1, 0.15) is 0 Å². The quantitative estimate of drug-likeness (QED) is 0.338.